The van der Waals surface area contributed by atoms with Crippen molar-refractivity contribution >= 4 is 32.5 Å². The molecule has 0 radical (unpaired) electrons. The van der Waals surface area contributed by atoms with E-state index in [1.165, 1.54) is 12.1 Å². The molecule has 1 N–H and O–H groups in total. The molecule has 0 fully saturated rings. The zero-order valence-corrected chi connectivity index (χ0v) is 13.1. The van der Waals surface area contributed by atoms with Crippen LogP contribution in [0.5, 0.6) is 0 Å². The van der Waals surface area contributed by atoms with Crippen LogP contribution < -0.4 is 5.32 Å². The lowest BCUT2D eigenvalue weighted by Gasteiger charge is -2.12. The molecule has 0 saturated carbocycles. The van der Waals surface area contributed by atoms with Crippen molar-refractivity contribution in [3.63, 3.8) is 0 Å². The number of pyridine rings is 1. The molecule has 0 saturated heterocycles. The minimum Gasteiger partial charge on any atom is -0.380 e. The molecule has 3 aromatic rings. The zero-order chi connectivity index (χ0) is 14.8. The second kappa shape index (κ2) is 5.82. The van der Waals surface area contributed by atoms with E-state index >= 15 is 0 Å². The summed E-state index contributed by atoms with van der Waals surface area (Å²) in [7, 11) is 0. The quantitative estimate of drug-likeness (QED) is 0.718. The number of hydrogen-bond acceptors (Lipinski definition) is 2. The summed E-state index contributed by atoms with van der Waals surface area (Å²) in [5.74, 6) is -0.231. The summed E-state index contributed by atoms with van der Waals surface area (Å²) in [6, 6.07) is 12.7. The van der Waals surface area contributed by atoms with Gasteiger partial charge in [-0.15, -0.1) is 0 Å². The van der Waals surface area contributed by atoms with Gasteiger partial charge in [0.1, 0.15) is 5.82 Å². The number of aryl methyl sites for hydroxylation is 1. The average Bonchev–Trinajstić information content (AvgIpc) is 2.50. The van der Waals surface area contributed by atoms with Gasteiger partial charge in [-0.05, 0) is 54.4 Å². The summed E-state index contributed by atoms with van der Waals surface area (Å²) < 4.78 is 14.2. The van der Waals surface area contributed by atoms with E-state index in [9.17, 15) is 4.39 Å². The van der Waals surface area contributed by atoms with Crippen molar-refractivity contribution in [3.8, 4) is 0 Å². The van der Waals surface area contributed by atoms with E-state index in [1.807, 2.05) is 31.2 Å². The third-order valence-electron chi connectivity index (χ3n) is 3.45. The molecule has 3 rings (SSSR count). The fourth-order valence-corrected chi connectivity index (χ4v) is 2.72. The molecule has 21 heavy (non-hydrogen) atoms. The summed E-state index contributed by atoms with van der Waals surface area (Å²) in [6.07, 6.45) is 1.79. The number of nitrogens with one attached hydrogen (secondary N) is 1. The molecule has 0 aliphatic rings. The van der Waals surface area contributed by atoms with Gasteiger partial charge in [0.05, 0.1) is 5.52 Å². The van der Waals surface area contributed by atoms with E-state index in [1.54, 1.807) is 12.3 Å². The molecule has 0 spiro atoms. The van der Waals surface area contributed by atoms with Gasteiger partial charge in [0, 0.05) is 28.3 Å². The summed E-state index contributed by atoms with van der Waals surface area (Å²) in [4.78, 5) is 4.42. The Balaban J connectivity index is 1.92. The number of fused-ring (bicyclic) bond motifs is 1. The molecule has 4 heteroatoms. The van der Waals surface area contributed by atoms with Crippen LogP contribution in [-0.2, 0) is 6.54 Å². The summed E-state index contributed by atoms with van der Waals surface area (Å²) in [5.41, 5.74) is 4.01. The van der Waals surface area contributed by atoms with Gasteiger partial charge in [0.2, 0.25) is 0 Å². The number of benzene rings is 2. The fourth-order valence-electron chi connectivity index (χ4n) is 2.34. The minimum atomic E-state index is -0.231. The van der Waals surface area contributed by atoms with Crippen LogP contribution in [0, 0.1) is 12.7 Å². The lowest BCUT2D eigenvalue weighted by molar-refractivity contribution is 0.625. The van der Waals surface area contributed by atoms with Gasteiger partial charge in [-0.1, -0.05) is 22.0 Å². The fraction of sp³-hybridized carbons (Fsp3) is 0.118. The number of hydrogen-bond donors (Lipinski definition) is 1. The van der Waals surface area contributed by atoms with E-state index in [0.29, 0.717) is 6.54 Å². The first-order chi connectivity index (χ1) is 10.1. The predicted molar refractivity (Wildman–Crippen MR) is 87.9 cm³/mol. The first kappa shape index (κ1) is 14.0. The van der Waals surface area contributed by atoms with E-state index in [2.05, 4.69) is 26.2 Å². The maximum absolute atomic E-state index is 13.3. The van der Waals surface area contributed by atoms with Gasteiger partial charge in [0.15, 0.2) is 0 Å². The highest BCUT2D eigenvalue weighted by Crippen LogP contribution is 2.26. The number of halogens is 2. The maximum Gasteiger partial charge on any atom is 0.123 e. The minimum absolute atomic E-state index is 0.231. The molecule has 0 aliphatic carbocycles. The van der Waals surface area contributed by atoms with Crippen LogP contribution in [0.2, 0.25) is 0 Å². The Morgan fingerprint density at radius 2 is 2.05 bits per heavy atom. The molecule has 2 nitrogen and oxygen atoms in total. The average molecular weight is 345 g/mol. The summed E-state index contributed by atoms with van der Waals surface area (Å²) >= 11 is 3.45. The third-order valence-corrected chi connectivity index (χ3v) is 4.22. The van der Waals surface area contributed by atoms with Gasteiger partial charge in [0.25, 0.3) is 0 Å². The molecule has 0 unspecified atom stereocenters. The number of rotatable bonds is 3. The maximum atomic E-state index is 13.3. The Bertz CT molecular complexity index is 802. The molecular weight excluding hydrogens is 331 g/mol. The van der Waals surface area contributed by atoms with Crippen molar-refractivity contribution in [2.75, 3.05) is 5.32 Å². The lowest BCUT2D eigenvalue weighted by Crippen LogP contribution is -2.02. The van der Waals surface area contributed by atoms with Crippen LogP contribution in [0.1, 0.15) is 11.1 Å². The van der Waals surface area contributed by atoms with E-state index < -0.39 is 0 Å². The normalized spacial score (nSPS) is 10.8. The van der Waals surface area contributed by atoms with Gasteiger partial charge in [-0.3, -0.25) is 4.98 Å². The van der Waals surface area contributed by atoms with Crippen LogP contribution in [0.15, 0.2) is 53.1 Å². The molecule has 0 aliphatic heterocycles. The number of aromatic nitrogens is 1. The first-order valence-corrected chi connectivity index (χ1v) is 7.46. The second-order valence-corrected chi connectivity index (χ2v) is 5.77. The topological polar surface area (TPSA) is 24.9 Å². The van der Waals surface area contributed by atoms with E-state index in [4.69, 9.17) is 0 Å². The van der Waals surface area contributed by atoms with Crippen LogP contribution in [-0.4, -0.2) is 4.98 Å². The van der Waals surface area contributed by atoms with Gasteiger partial charge in [-0.25, -0.2) is 4.39 Å². The smallest absolute Gasteiger partial charge is 0.123 e. The third kappa shape index (κ3) is 2.90. The Hall–Kier alpha value is -1.94. The molecule has 0 bridgehead atoms. The standard InChI is InChI=1S/C17H14BrFN2/c1-11-4-7-16(14-3-2-8-20-17(11)14)21-10-12-9-13(19)5-6-15(12)18/h2-9,21H,10H2,1H3. The highest BCUT2D eigenvalue weighted by Gasteiger charge is 2.06. The number of nitrogens with zero attached hydrogens (tertiary/aromatic N) is 1. The number of anilines is 1. The van der Waals surface area contributed by atoms with Crippen LogP contribution in [0.3, 0.4) is 0 Å². The summed E-state index contributed by atoms with van der Waals surface area (Å²) in [5, 5.41) is 4.44. The van der Waals surface area contributed by atoms with Crippen molar-refractivity contribution in [1.82, 2.24) is 4.98 Å². The molecule has 0 atom stereocenters. The van der Waals surface area contributed by atoms with Crippen LogP contribution in [0.25, 0.3) is 10.9 Å². The highest BCUT2D eigenvalue weighted by molar-refractivity contribution is 9.10. The molecule has 106 valence electrons. The molecule has 0 amide bonds. The van der Waals surface area contributed by atoms with E-state index in [-0.39, 0.29) is 5.82 Å². The van der Waals surface area contributed by atoms with Gasteiger partial charge in [-0.2, -0.15) is 0 Å². The van der Waals surface area contributed by atoms with Gasteiger partial charge < -0.3 is 5.32 Å². The Morgan fingerprint density at radius 1 is 1.19 bits per heavy atom. The monoisotopic (exact) mass is 344 g/mol. The Kier molecular flexibility index (Phi) is 3.88. The van der Waals surface area contributed by atoms with Crippen LogP contribution in [0.4, 0.5) is 10.1 Å². The molecule has 2 aromatic carbocycles. The van der Waals surface area contributed by atoms with Crippen molar-refractivity contribution < 1.29 is 4.39 Å². The van der Waals surface area contributed by atoms with Gasteiger partial charge >= 0.3 is 0 Å². The molecular formula is C17H14BrFN2. The zero-order valence-electron chi connectivity index (χ0n) is 11.5. The molecule has 1 aromatic heterocycles. The second-order valence-electron chi connectivity index (χ2n) is 4.92. The first-order valence-electron chi connectivity index (χ1n) is 6.67. The Labute approximate surface area is 131 Å². The highest BCUT2D eigenvalue weighted by atomic mass is 79.9. The predicted octanol–water partition coefficient (Wildman–Crippen LogP) is 5.06. The van der Waals surface area contributed by atoms with Crippen molar-refractivity contribution in [1.29, 1.82) is 0 Å². The van der Waals surface area contributed by atoms with E-state index in [0.717, 1.165) is 32.2 Å². The lowest BCUT2D eigenvalue weighted by atomic mass is 10.1. The van der Waals surface area contributed by atoms with Crippen molar-refractivity contribution in [2.45, 2.75) is 13.5 Å². The Morgan fingerprint density at radius 3 is 2.90 bits per heavy atom. The SMILES string of the molecule is Cc1ccc(NCc2cc(F)ccc2Br)c2cccnc12. The molecule has 1 heterocycles. The van der Waals surface area contributed by atoms with Crippen LogP contribution >= 0.6 is 15.9 Å². The van der Waals surface area contributed by atoms with Crippen molar-refractivity contribution in [2.24, 2.45) is 0 Å². The summed E-state index contributed by atoms with van der Waals surface area (Å²) in [6.45, 7) is 2.59. The van der Waals surface area contributed by atoms with Crippen molar-refractivity contribution in [3.05, 3.63) is 70.1 Å². The largest absolute Gasteiger partial charge is 0.380 e.